The van der Waals surface area contributed by atoms with Crippen LogP contribution in [-0.4, -0.2) is 13.0 Å². The van der Waals surface area contributed by atoms with Crippen molar-refractivity contribution in [2.75, 3.05) is 12.4 Å². The molecule has 0 bridgehead atoms. The molecule has 5 nitrogen and oxygen atoms in total. The molecule has 0 saturated carbocycles. The minimum absolute atomic E-state index is 0.0291. The van der Waals surface area contributed by atoms with E-state index in [0.29, 0.717) is 33.1 Å². The molecule has 1 amide bonds. The number of anilines is 1. The van der Waals surface area contributed by atoms with Gasteiger partial charge in [-0.2, -0.15) is 0 Å². The number of halogens is 1. The number of hydrogen-bond donors (Lipinski definition) is 2. The molecule has 0 unspecified atom stereocenters. The van der Waals surface area contributed by atoms with E-state index in [4.69, 9.17) is 26.5 Å². The van der Waals surface area contributed by atoms with Crippen LogP contribution < -0.4 is 15.8 Å². The zero-order valence-corrected chi connectivity index (χ0v) is 13.7. The van der Waals surface area contributed by atoms with Gasteiger partial charge in [0.15, 0.2) is 0 Å². The van der Waals surface area contributed by atoms with Crippen molar-refractivity contribution in [1.82, 2.24) is 0 Å². The monoisotopic (exact) mass is 342 g/mol. The molecule has 3 rings (SSSR count). The van der Waals surface area contributed by atoms with Gasteiger partial charge in [0.25, 0.3) is 5.91 Å². The fourth-order valence-corrected chi connectivity index (χ4v) is 2.59. The molecule has 0 atom stereocenters. The van der Waals surface area contributed by atoms with E-state index in [1.54, 1.807) is 37.4 Å². The van der Waals surface area contributed by atoms with Crippen LogP contribution in [0.15, 0.2) is 53.5 Å². The van der Waals surface area contributed by atoms with Crippen molar-refractivity contribution in [3.63, 3.8) is 0 Å². The first-order chi connectivity index (χ1) is 11.5. The Morgan fingerprint density at radius 2 is 2.08 bits per heavy atom. The van der Waals surface area contributed by atoms with E-state index < -0.39 is 5.91 Å². The number of nitrogens with two attached hydrogens (primary N) is 1. The summed E-state index contributed by atoms with van der Waals surface area (Å²) in [5.41, 5.74) is 7.75. The van der Waals surface area contributed by atoms with Crippen LogP contribution in [-0.2, 0) is 0 Å². The van der Waals surface area contributed by atoms with Crippen LogP contribution in [0, 0.1) is 0 Å². The second kappa shape index (κ2) is 6.29. The number of rotatable bonds is 5. The lowest BCUT2D eigenvalue weighted by molar-refractivity contribution is 0.0977. The van der Waals surface area contributed by atoms with Gasteiger partial charge in [0.1, 0.15) is 11.3 Å². The summed E-state index contributed by atoms with van der Waals surface area (Å²) in [6.45, 7) is 3.99. The van der Waals surface area contributed by atoms with Crippen LogP contribution in [0.5, 0.6) is 5.75 Å². The topological polar surface area (TPSA) is 77.5 Å². The highest BCUT2D eigenvalue weighted by Gasteiger charge is 2.20. The van der Waals surface area contributed by atoms with Crippen molar-refractivity contribution >= 4 is 39.9 Å². The number of hydrogen-bond acceptors (Lipinski definition) is 4. The van der Waals surface area contributed by atoms with Gasteiger partial charge in [-0.15, -0.1) is 0 Å². The second-order valence-electron chi connectivity index (χ2n) is 5.15. The lowest BCUT2D eigenvalue weighted by Crippen LogP contribution is -2.12. The number of nitrogens with one attached hydrogen (secondary N) is 1. The van der Waals surface area contributed by atoms with Crippen LogP contribution in [0.25, 0.3) is 16.7 Å². The first kappa shape index (κ1) is 16.0. The molecule has 1 aromatic heterocycles. The van der Waals surface area contributed by atoms with Crippen LogP contribution in [0.3, 0.4) is 0 Å². The summed E-state index contributed by atoms with van der Waals surface area (Å²) in [5.74, 6) is -0.0273. The van der Waals surface area contributed by atoms with Crippen molar-refractivity contribution in [1.29, 1.82) is 0 Å². The van der Waals surface area contributed by atoms with E-state index in [-0.39, 0.29) is 5.76 Å². The Morgan fingerprint density at radius 1 is 1.29 bits per heavy atom. The summed E-state index contributed by atoms with van der Waals surface area (Å²) in [6.07, 6.45) is 0. The SMILES string of the molecule is C=C(Nc1c(C(N)=O)oc2cc(OC)ccc12)c1cccc(Cl)c1. The van der Waals surface area contributed by atoms with Crippen molar-refractivity contribution in [2.24, 2.45) is 5.73 Å². The summed E-state index contributed by atoms with van der Waals surface area (Å²) in [5, 5.41) is 4.40. The summed E-state index contributed by atoms with van der Waals surface area (Å²) in [6, 6.07) is 12.5. The molecule has 3 aromatic rings. The van der Waals surface area contributed by atoms with Gasteiger partial charge in [-0.25, -0.2) is 0 Å². The van der Waals surface area contributed by atoms with Gasteiger partial charge in [-0.05, 0) is 29.8 Å². The van der Waals surface area contributed by atoms with Gasteiger partial charge in [0, 0.05) is 22.2 Å². The van der Waals surface area contributed by atoms with Crippen LogP contribution in [0.4, 0.5) is 5.69 Å². The molecular formula is C18H15ClN2O3. The van der Waals surface area contributed by atoms with E-state index in [1.807, 2.05) is 12.1 Å². The zero-order valence-electron chi connectivity index (χ0n) is 12.9. The minimum Gasteiger partial charge on any atom is -0.497 e. The van der Waals surface area contributed by atoms with E-state index >= 15 is 0 Å². The molecule has 0 saturated heterocycles. The average Bonchev–Trinajstić information content (AvgIpc) is 2.92. The number of furan rings is 1. The highest BCUT2D eigenvalue weighted by atomic mass is 35.5. The maximum atomic E-state index is 11.7. The molecule has 0 radical (unpaired) electrons. The van der Waals surface area contributed by atoms with Crippen LogP contribution >= 0.6 is 11.6 Å². The third-order valence-electron chi connectivity index (χ3n) is 3.57. The number of benzene rings is 2. The minimum atomic E-state index is -0.674. The fraction of sp³-hybridized carbons (Fsp3) is 0.0556. The van der Waals surface area contributed by atoms with Crippen molar-refractivity contribution in [2.45, 2.75) is 0 Å². The van der Waals surface area contributed by atoms with E-state index in [9.17, 15) is 4.79 Å². The Hall–Kier alpha value is -2.92. The molecule has 0 aliphatic rings. The van der Waals surface area contributed by atoms with E-state index in [0.717, 1.165) is 5.56 Å². The molecule has 24 heavy (non-hydrogen) atoms. The summed E-state index contributed by atoms with van der Waals surface area (Å²) in [7, 11) is 1.55. The predicted molar refractivity (Wildman–Crippen MR) is 95.4 cm³/mol. The Bertz CT molecular complexity index is 947. The smallest absolute Gasteiger partial charge is 0.286 e. The molecule has 0 spiro atoms. The molecule has 0 fully saturated rings. The largest absolute Gasteiger partial charge is 0.497 e. The highest BCUT2D eigenvalue weighted by Crippen LogP contribution is 2.35. The molecule has 0 aliphatic carbocycles. The molecule has 2 aromatic carbocycles. The third-order valence-corrected chi connectivity index (χ3v) is 3.81. The Balaban J connectivity index is 2.05. The first-order valence-electron chi connectivity index (χ1n) is 7.12. The number of amides is 1. The van der Waals surface area contributed by atoms with E-state index in [1.165, 1.54) is 0 Å². The third kappa shape index (κ3) is 2.94. The van der Waals surface area contributed by atoms with Gasteiger partial charge in [0.05, 0.1) is 12.8 Å². The standard InChI is InChI=1S/C18H15ClN2O3/c1-10(11-4-3-5-12(19)8-11)21-16-14-7-6-13(23-2)9-15(14)24-17(16)18(20)22/h3-9,21H,1H2,2H3,(H2,20,22). The second-order valence-corrected chi connectivity index (χ2v) is 5.58. The van der Waals surface area contributed by atoms with Gasteiger partial charge in [0.2, 0.25) is 5.76 Å². The van der Waals surface area contributed by atoms with Crippen LogP contribution in [0.2, 0.25) is 5.02 Å². The Morgan fingerprint density at radius 3 is 2.75 bits per heavy atom. The number of ether oxygens (including phenoxy) is 1. The van der Waals surface area contributed by atoms with Crippen LogP contribution in [0.1, 0.15) is 16.1 Å². The molecule has 0 aliphatic heterocycles. The molecule has 1 heterocycles. The Labute approximate surface area is 143 Å². The molecule has 3 N–H and O–H groups in total. The molecule has 6 heteroatoms. The van der Waals surface area contributed by atoms with Crippen molar-refractivity contribution in [3.8, 4) is 5.75 Å². The highest BCUT2D eigenvalue weighted by molar-refractivity contribution is 6.30. The summed E-state index contributed by atoms with van der Waals surface area (Å²) >= 11 is 6.01. The lowest BCUT2D eigenvalue weighted by atomic mass is 10.1. The lowest BCUT2D eigenvalue weighted by Gasteiger charge is -2.10. The molecular weight excluding hydrogens is 328 g/mol. The quantitative estimate of drug-likeness (QED) is 0.725. The average molecular weight is 343 g/mol. The summed E-state index contributed by atoms with van der Waals surface area (Å²) < 4.78 is 10.7. The van der Waals surface area contributed by atoms with Gasteiger partial charge in [-0.3, -0.25) is 4.79 Å². The number of carbonyl (C=O) groups is 1. The predicted octanol–water partition coefficient (Wildman–Crippen LogP) is 4.28. The molecule has 122 valence electrons. The van der Waals surface area contributed by atoms with Gasteiger partial charge in [-0.1, -0.05) is 30.3 Å². The van der Waals surface area contributed by atoms with E-state index in [2.05, 4.69) is 11.9 Å². The van der Waals surface area contributed by atoms with Crippen molar-refractivity contribution in [3.05, 3.63) is 65.4 Å². The maximum absolute atomic E-state index is 11.7. The number of primary amides is 1. The normalized spacial score (nSPS) is 10.6. The fourth-order valence-electron chi connectivity index (χ4n) is 2.40. The zero-order chi connectivity index (χ0) is 17.3. The maximum Gasteiger partial charge on any atom is 0.286 e. The summed E-state index contributed by atoms with van der Waals surface area (Å²) in [4.78, 5) is 11.7. The number of carbonyl (C=O) groups excluding carboxylic acids is 1. The number of methoxy groups -OCH3 is 1. The Kier molecular flexibility index (Phi) is 4.18. The van der Waals surface area contributed by atoms with Gasteiger partial charge >= 0.3 is 0 Å². The number of fused-ring (bicyclic) bond motifs is 1. The first-order valence-corrected chi connectivity index (χ1v) is 7.49. The van der Waals surface area contributed by atoms with Gasteiger partial charge < -0.3 is 20.2 Å². The van der Waals surface area contributed by atoms with Crippen molar-refractivity contribution < 1.29 is 13.9 Å².